The summed E-state index contributed by atoms with van der Waals surface area (Å²) in [5, 5.41) is 6.03. The van der Waals surface area contributed by atoms with Crippen molar-refractivity contribution in [1.82, 2.24) is 10.3 Å². The molecule has 1 rings (SSSR count). The van der Waals surface area contributed by atoms with E-state index in [9.17, 15) is 4.79 Å². The summed E-state index contributed by atoms with van der Waals surface area (Å²) in [6, 6.07) is 1.81. The molecule has 1 aromatic heterocycles. The second-order valence-electron chi connectivity index (χ2n) is 3.99. The average Bonchev–Trinajstić information content (AvgIpc) is 2.41. The quantitative estimate of drug-likeness (QED) is 0.690. The van der Waals surface area contributed by atoms with E-state index in [1.54, 1.807) is 19.5 Å². The molecule has 0 spiro atoms. The Balaban J connectivity index is 2.46. The summed E-state index contributed by atoms with van der Waals surface area (Å²) in [7, 11) is 1.65. The van der Waals surface area contributed by atoms with Gasteiger partial charge in [0.2, 0.25) is 0 Å². The van der Waals surface area contributed by atoms with E-state index in [4.69, 9.17) is 4.74 Å². The maximum Gasteiger partial charge on any atom is 0.252 e. The molecule has 0 aliphatic carbocycles. The van der Waals surface area contributed by atoms with Crippen molar-refractivity contribution in [3.8, 4) is 0 Å². The van der Waals surface area contributed by atoms with Gasteiger partial charge in [-0.15, -0.1) is 0 Å². The van der Waals surface area contributed by atoms with Crippen LogP contribution in [0.2, 0.25) is 0 Å². The van der Waals surface area contributed by atoms with Gasteiger partial charge in [0.05, 0.1) is 11.3 Å². The molecular weight excluding hydrogens is 230 g/mol. The Bertz CT molecular complexity index is 369. The minimum atomic E-state index is -0.0984. The van der Waals surface area contributed by atoms with E-state index in [0.29, 0.717) is 18.7 Å². The first-order valence-electron chi connectivity index (χ1n) is 6.24. The van der Waals surface area contributed by atoms with Crippen LogP contribution in [0.4, 0.5) is 5.69 Å². The summed E-state index contributed by atoms with van der Waals surface area (Å²) in [5.74, 6) is -0.0984. The number of hydrogen-bond acceptors (Lipinski definition) is 4. The first-order valence-corrected chi connectivity index (χ1v) is 6.24. The second kappa shape index (κ2) is 8.47. The van der Waals surface area contributed by atoms with Crippen LogP contribution < -0.4 is 10.6 Å². The fraction of sp³-hybridized carbons (Fsp3) is 0.538. The highest BCUT2D eigenvalue weighted by atomic mass is 16.5. The number of aromatic nitrogens is 1. The van der Waals surface area contributed by atoms with Gasteiger partial charge in [-0.2, -0.15) is 0 Å². The number of hydrogen-bond donors (Lipinski definition) is 2. The average molecular weight is 251 g/mol. The van der Waals surface area contributed by atoms with Crippen LogP contribution in [0.5, 0.6) is 0 Å². The molecule has 0 saturated heterocycles. The third-order valence-corrected chi connectivity index (χ3v) is 2.39. The number of pyridine rings is 1. The molecule has 0 radical (unpaired) electrons. The fourth-order valence-electron chi connectivity index (χ4n) is 1.45. The Morgan fingerprint density at radius 2 is 2.22 bits per heavy atom. The van der Waals surface area contributed by atoms with Crippen molar-refractivity contribution >= 4 is 11.6 Å². The molecule has 0 bridgehead atoms. The van der Waals surface area contributed by atoms with E-state index in [0.717, 1.165) is 25.1 Å². The molecular formula is C13H21N3O2. The Hall–Kier alpha value is -1.62. The summed E-state index contributed by atoms with van der Waals surface area (Å²) in [6.07, 6.45) is 5.14. The Kier molecular flexibility index (Phi) is 6.79. The molecule has 18 heavy (non-hydrogen) atoms. The van der Waals surface area contributed by atoms with Gasteiger partial charge >= 0.3 is 0 Å². The predicted molar refractivity (Wildman–Crippen MR) is 71.8 cm³/mol. The van der Waals surface area contributed by atoms with E-state index in [2.05, 4.69) is 22.5 Å². The van der Waals surface area contributed by atoms with Crippen LogP contribution in [0.3, 0.4) is 0 Å². The van der Waals surface area contributed by atoms with Crippen LogP contribution >= 0.6 is 0 Å². The van der Waals surface area contributed by atoms with Crippen molar-refractivity contribution in [2.45, 2.75) is 19.8 Å². The van der Waals surface area contributed by atoms with Crippen molar-refractivity contribution in [1.29, 1.82) is 0 Å². The number of nitrogens with zero attached hydrogens (tertiary/aromatic N) is 1. The lowest BCUT2D eigenvalue weighted by atomic mass is 10.2. The van der Waals surface area contributed by atoms with Gasteiger partial charge < -0.3 is 15.4 Å². The van der Waals surface area contributed by atoms with Crippen LogP contribution in [0.1, 0.15) is 30.1 Å². The maximum atomic E-state index is 11.8. The molecule has 0 aliphatic rings. The van der Waals surface area contributed by atoms with Gasteiger partial charge in [0, 0.05) is 39.2 Å². The van der Waals surface area contributed by atoms with Crippen molar-refractivity contribution in [2.24, 2.45) is 0 Å². The van der Waals surface area contributed by atoms with Gasteiger partial charge in [-0.1, -0.05) is 6.92 Å². The third-order valence-electron chi connectivity index (χ3n) is 2.39. The van der Waals surface area contributed by atoms with E-state index in [1.165, 1.54) is 0 Å². The number of carbonyl (C=O) groups is 1. The standard InChI is InChI=1S/C13H21N3O2/c1-3-5-15-12-8-11(9-14-10-12)13(17)16-6-4-7-18-2/h8-10,15H,3-7H2,1-2H3,(H,16,17). The molecule has 0 aromatic carbocycles. The number of carbonyl (C=O) groups excluding carboxylic acids is 1. The summed E-state index contributed by atoms with van der Waals surface area (Å²) in [6.45, 7) is 4.23. The largest absolute Gasteiger partial charge is 0.385 e. The van der Waals surface area contributed by atoms with Crippen LogP contribution in [0, 0.1) is 0 Å². The lowest BCUT2D eigenvalue weighted by Crippen LogP contribution is -2.25. The van der Waals surface area contributed by atoms with Crippen molar-refractivity contribution in [3.63, 3.8) is 0 Å². The normalized spacial score (nSPS) is 10.1. The smallest absolute Gasteiger partial charge is 0.252 e. The highest BCUT2D eigenvalue weighted by Crippen LogP contribution is 2.08. The Morgan fingerprint density at radius 3 is 2.94 bits per heavy atom. The Morgan fingerprint density at radius 1 is 1.39 bits per heavy atom. The van der Waals surface area contributed by atoms with Gasteiger partial charge in [0.15, 0.2) is 0 Å². The topological polar surface area (TPSA) is 63.2 Å². The van der Waals surface area contributed by atoms with E-state index < -0.39 is 0 Å². The van der Waals surface area contributed by atoms with E-state index >= 15 is 0 Å². The molecule has 1 aromatic rings. The highest BCUT2D eigenvalue weighted by Gasteiger charge is 2.05. The minimum absolute atomic E-state index is 0.0984. The summed E-state index contributed by atoms with van der Waals surface area (Å²) < 4.78 is 4.92. The summed E-state index contributed by atoms with van der Waals surface area (Å²) in [5.41, 5.74) is 1.45. The summed E-state index contributed by atoms with van der Waals surface area (Å²) >= 11 is 0. The number of nitrogens with one attached hydrogen (secondary N) is 2. The number of rotatable bonds is 8. The van der Waals surface area contributed by atoms with E-state index in [1.807, 2.05) is 6.07 Å². The van der Waals surface area contributed by atoms with Crippen LogP contribution in [-0.2, 0) is 4.74 Å². The maximum absolute atomic E-state index is 11.8. The molecule has 0 aliphatic heterocycles. The molecule has 0 saturated carbocycles. The van der Waals surface area contributed by atoms with E-state index in [-0.39, 0.29) is 5.91 Å². The monoisotopic (exact) mass is 251 g/mol. The van der Waals surface area contributed by atoms with Crippen molar-refractivity contribution < 1.29 is 9.53 Å². The molecule has 5 heteroatoms. The first-order chi connectivity index (χ1) is 8.77. The zero-order valence-electron chi connectivity index (χ0n) is 11.0. The van der Waals surface area contributed by atoms with Crippen molar-refractivity contribution in [3.05, 3.63) is 24.0 Å². The first kappa shape index (κ1) is 14.4. The lowest BCUT2D eigenvalue weighted by molar-refractivity contribution is 0.0948. The fourth-order valence-corrected chi connectivity index (χ4v) is 1.45. The molecule has 0 atom stereocenters. The lowest BCUT2D eigenvalue weighted by Gasteiger charge is -2.07. The number of anilines is 1. The third kappa shape index (κ3) is 5.14. The summed E-state index contributed by atoms with van der Waals surface area (Å²) in [4.78, 5) is 15.9. The minimum Gasteiger partial charge on any atom is -0.385 e. The molecule has 0 fully saturated rings. The zero-order chi connectivity index (χ0) is 13.2. The SMILES string of the molecule is CCCNc1cncc(C(=O)NCCCOC)c1. The van der Waals surface area contributed by atoms with Gasteiger partial charge in [-0.25, -0.2) is 0 Å². The second-order valence-corrected chi connectivity index (χ2v) is 3.99. The molecule has 100 valence electrons. The van der Waals surface area contributed by atoms with Gasteiger partial charge in [0.1, 0.15) is 0 Å². The number of ether oxygens (including phenoxy) is 1. The van der Waals surface area contributed by atoms with Crippen LogP contribution in [0.25, 0.3) is 0 Å². The predicted octanol–water partition coefficient (Wildman–Crippen LogP) is 1.67. The number of methoxy groups -OCH3 is 1. The van der Waals surface area contributed by atoms with Gasteiger partial charge in [-0.05, 0) is 18.9 Å². The van der Waals surface area contributed by atoms with Crippen molar-refractivity contribution in [2.75, 3.05) is 32.1 Å². The highest BCUT2D eigenvalue weighted by molar-refractivity contribution is 5.94. The Labute approximate surface area is 108 Å². The molecule has 0 unspecified atom stereocenters. The van der Waals surface area contributed by atoms with Gasteiger partial charge in [-0.3, -0.25) is 9.78 Å². The van der Waals surface area contributed by atoms with Crippen LogP contribution in [0.15, 0.2) is 18.5 Å². The van der Waals surface area contributed by atoms with Crippen LogP contribution in [-0.4, -0.2) is 37.7 Å². The molecule has 1 heterocycles. The molecule has 5 nitrogen and oxygen atoms in total. The van der Waals surface area contributed by atoms with Gasteiger partial charge in [0.25, 0.3) is 5.91 Å². The molecule has 1 amide bonds. The number of amides is 1. The zero-order valence-corrected chi connectivity index (χ0v) is 11.0. The molecule has 2 N–H and O–H groups in total.